The highest BCUT2D eigenvalue weighted by atomic mass is 16.1. The maximum atomic E-state index is 12.0. The van der Waals surface area contributed by atoms with E-state index in [1.54, 1.807) is 0 Å². The van der Waals surface area contributed by atoms with E-state index >= 15 is 0 Å². The topological polar surface area (TPSA) is 29.1 Å². The van der Waals surface area contributed by atoms with Gasteiger partial charge in [-0.1, -0.05) is 30.7 Å². The molecule has 1 amide bonds. The highest BCUT2D eigenvalue weighted by Crippen LogP contribution is 2.49. The summed E-state index contributed by atoms with van der Waals surface area (Å²) in [7, 11) is 0. The summed E-state index contributed by atoms with van der Waals surface area (Å²) in [5.41, 5.74) is 2.48. The van der Waals surface area contributed by atoms with Gasteiger partial charge in [-0.15, -0.1) is 0 Å². The first-order valence-corrected chi connectivity index (χ1v) is 7.53. The second-order valence-electron chi connectivity index (χ2n) is 6.34. The number of aryl methyl sites for hydroxylation is 1. The van der Waals surface area contributed by atoms with Crippen molar-refractivity contribution in [2.45, 2.75) is 45.6 Å². The van der Waals surface area contributed by atoms with Gasteiger partial charge < -0.3 is 5.32 Å². The largest absolute Gasteiger partial charge is 0.352 e. The first kappa shape index (κ1) is 12.7. The van der Waals surface area contributed by atoms with E-state index in [-0.39, 0.29) is 5.91 Å². The Kier molecular flexibility index (Phi) is 3.58. The molecule has 0 aliphatic heterocycles. The lowest BCUT2D eigenvalue weighted by atomic mass is 9.86. The lowest BCUT2D eigenvalue weighted by Gasteiger charge is -2.21. The minimum absolute atomic E-state index is 0.237. The van der Waals surface area contributed by atoms with Crippen LogP contribution >= 0.6 is 0 Å². The van der Waals surface area contributed by atoms with E-state index in [0.717, 1.165) is 18.3 Å². The molecule has 2 nitrogen and oxygen atoms in total. The number of hydrogen-bond donors (Lipinski definition) is 1. The fourth-order valence-electron chi connectivity index (χ4n) is 3.94. The fraction of sp³-hybridized carbons (Fsp3) is 0.588. The van der Waals surface area contributed by atoms with Crippen molar-refractivity contribution in [3.63, 3.8) is 0 Å². The number of benzene rings is 1. The molecule has 0 spiro atoms. The van der Waals surface area contributed by atoms with Gasteiger partial charge in [0.25, 0.3) is 0 Å². The molecular weight excluding hydrogens is 234 g/mol. The average Bonchev–Trinajstić information content (AvgIpc) is 3.00. The summed E-state index contributed by atoms with van der Waals surface area (Å²) >= 11 is 0. The summed E-state index contributed by atoms with van der Waals surface area (Å²) in [6.07, 6.45) is 6.19. The van der Waals surface area contributed by atoms with Gasteiger partial charge in [0.15, 0.2) is 0 Å². The highest BCUT2D eigenvalue weighted by molar-refractivity contribution is 5.76. The molecule has 0 heterocycles. The molecule has 0 unspecified atom stereocenters. The molecule has 1 aromatic carbocycles. The van der Waals surface area contributed by atoms with Crippen molar-refractivity contribution in [3.8, 4) is 0 Å². The van der Waals surface area contributed by atoms with Gasteiger partial charge in [-0.2, -0.15) is 0 Å². The Morgan fingerprint density at radius 3 is 2.79 bits per heavy atom. The summed E-state index contributed by atoms with van der Waals surface area (Å²) < 4.78 is 0. The Balaban J connectivity index is 1.48. The van der Waals surface area contributed by atoms with Gasteiger partial charge in [-0.3, -0.25) is 4.79 Å². The van der Waals surface area contributed by atoms with Crippen LogP contribution in [0.1, 0.15) is 43.2 Å². The normalized spacial score (nSPS) is 28.6. The molecule has 2 aliphatic rings. The van der Waals surface area contributed by atoms with Crippen LogP contribution in [0.2, 0.25) is 0 Å². The molecule has 0 aromatic heterocycles. The zero-order valence-corrected chi connectivity index (χ0v) is 11.7. The van der Waals surface area contributed by atoms with Crippen molar-refractivity contribution >= 4 is 5.91 Å². The zero-order valence-electron chi connectivity index (χ0n) is 11.7. The lowest BCUT2D eigenvalue weighted by Crippen LogP contribution is -2.27. The number of rotatable bonds is 4. The van der Waals surface area contributed by atoms with E-state index in [0.29, 0.717) is 12.5 Å². The van der Waals surface area contributed by atoms with Crippen molar-refractivity contribution in [1.29, 1.82) is 0 Å². The third-order valence-corrected chi connectivity index (χ3v) is 5.07. The molecule has 3 atom stereocenters. The third-order valence-electron chi connectivity index (χ3n) is 5.07. The van der Waals surface area contributed by atoms with Gasteiger partial charge in [-0.25, -0.2) is 0 Å². The van der Waals surface area contributed by atoms with Crippen LogP contribution in [-0.4, -0.2) is 5.91 Å². The first-order chi connectivity index (χ1) is 9.22. The molecule has 2 saturated carbocycles. The number of hydrogen-bond acceptors (Lipinski definition) is 1. The highest BCUT2D eigenvalue weighted by Gasteiger charge is 2.39. The van der Waals surface area contributed by atoms with E-state index in [2.05, 4.69) is 24.4 Å². The van der Waals surface area contributed by atoms with Gasteiger partial charge in [0.1, 0.15) is 0 Å². The number of nitrogens with one attached hydrogen (secondary N) is 1. The molecule has 0 radical (unpaired) electrons. The van der Waals surface area contributed by atoms with Gasteiger partial charge in [0.05, 0.1) is 0 Å². The number of carbonyl (C=O) groups is 1. The maximum absolute atomic E-state index is 12.0. The van der Waals surface area contributed by atoms with Crippen LogP contribution in [0.15, 0.2) is 24.3 Å². The van der Waals surface area contributed by atoms with Crippen LogP contribution in [0, 0.1) is 24.7 Å². The quantitative estimate of drug-likeness (QED) is 0.879. The summed E-state index contributed by atoms with van der Waals surface area (Å²) in [5.74, 6) is 2.67. The lowest BCUT2D eigenvalue weighted by molar-refractivity contribution is -0.122. The van der Waals surface area contributed by atoms with Crippen LogP contribution in [0.5, 0.6) is 0 Å². The Bertz CT molecular complexity index is 468. The molecule has 0 saturated heterocycles. The second kappa shape index (κ2) is 5.36. The minimum Gasteiger partial charge on any atom is -0.352 e. The smallest absolute Gasteiger partial charge is 0.220 e. The predicted molar refractivity (Wildman–Crippen MR) is 76.6 cm³/mol. The fourth-order valence-corrected chi connectivity index (χ4v) is 3.94. The van der Waals surface area contributed by atoms with Crippen LogP contribution in [0.3, 0.4) is 0 Å². The van der Waals surface area contributed by atoms with Crippen molar-refractivity contribution in [2.24, 2.45) is 17.8 Å². The summed E-state index contributed by atoms with van der Waals surface area (Å²) in [5, 5.41) is 3.09. The Morgan fingerprint density at radius 1 is 1.26 bits per heavy atom. The molecule has 102 valence electrons. The minimum atomic E-state index is 0.237. The standard InChI is InChI=1S/C17H23NO/c1-12-4-2-3-5-15(12)11-18-17(19)10-16-9-13-6-7-14(16)8-13/h2-5,13-14,16H,6-11H2,1H3,(H,18,19)/t13-,14+,16+/m0/s1. The van der Waals surface area contributed by atoms with E-state index in [1.807, 2.05) is 12.1 Å². The molecule has 2 aliphatic carbocycles. The summed E-state index contributed by atoms with van der Waals surface area (Å²) in [4.78, 5) is 12.0. The molecule has 2 bridgehead atoms. The Labute approximate surface area is 115 Å². The molecular formula is C17H23NO. The van der Waals surface area contributed by atoms with E-state index < -0.39 is 0 Å². The monoisotopic (exact) mass is 257 g/mol. The first-order valence-electron chi connectivity index (χ1n) is 7.53. The molecule has 2 fully saturated rings. The summed E-state index contributed by atoms with van der Waals surface area (Å²) in [6.45, 7) is 2.77. The Morgan fingerprint density at radius 2 is 2.11 bits per heavy atom. The number of amides is 1. The third kappa shape index (κ3) is 2.83. The van der Waals surface area contributed by atoms with Crippen LogP contribution in [0.4, 0.5) is 0 Å². The maximum Gasteiger partial charge on any atom is 0.220 e. The van der Waals surface area contributed by atoms with Crippen molar-refractivity contribution < 1.29 is 4.79 Å². The average molecular weight is 257 g/mol. The van der Waals surface area contributed by atoms with E-state index in [4.69, 9.17) is 0 Å². The van der Waals surface area contributed by atoms with Crippen LogP contribution in [-0.2, 0) is 11.3 Å². The van der Waals surface area contributed by atoms with Gasteiger partial charge in [0.2, 0.25) is 5.91 Å². The summed E-state index contributed by atoms with van der Waals surface area (Å²) in [6, 6.07) is 8.25. The Hall–Kier alpha value is -1.31. The van der Waals surface area contributed by atoms with Gasteiger partial charge in [-0.05, 0) is 55.1 Å². The van der Waals surface area contributed by atoms with Gasteiger partial charge in [0, 0.05) is 13.0 Å². The van der Waals surface area contributed by atoms with Crippen LogP contribution in [0.25, 0.3) is 0 Å². The number of fused-ring (bicyclic) bond motifs is 2. The molecule has 19 heavy (non-hydrogen) atoms. The zero-order chi connectivity index (χ0) is 13.2. The van der Waals surface area contributed by atoms with Crippen molar-refractivity contribution in [1.82, 2.24) is 5.32 Å². The van der Waals surface area contributed by atoms with Crippen molar-refractivity contribution in [2.75, 3.05) is 0 Å². The molecule has 1 N–H and O–H groups in total. The molecule has 3 rings (SSSR count). The van der Waals surface area contributed by atoms with Crippen LogP contribution < -0.4 is 5.32 Å². The molecule has 2 heteroatoms. The SMILES string of the molecule is Cc1ccccc1CNC(=O)C[C@H]1C[C@H]2CC[C@@H]1C2. The van der Waals surface area contributed by atoms with E-state index in [1.165, 1.54) is 36.8 Å². The van der Waals surface area contributed by atoms with E-state index in [9.17, 15) is 4.79 Å². The van der Waals surface area contributed by atoms with Gasteiger partial charge >= 0.3 is 0 Å². The molecule has 1 aromatic rings. The predicted octanol–water partition coefficient (Wildman–Crippen LogP) is 3.44. The van der Waals surface area contributed by atoms with Crippen molar-refractivity contribution in [3.05, 3.63) is 35.4 Å². The number of carbonyl (C=O) groups excluding carboxylic acids is 1. The second-order valence-corrected chi connectivity index (χ2v) is 6.34.